The van der Waals surface area contributed by atoms with E-state index in [4.69, 9.17) is 11.1 Å². The minimum absolute atomic E-state index is 0.0235. The predicted octanol–water partition coefficient (Wildman–Crippen LogP) is 4.01. The average molecular weight is 428 g/mol. The maximum Gasteiger partial charge on any atom is 0.251 e. The number of nitrogens with one attached hydrogen (secondary N) is 2. The minimum Gasteiger partial charge on any atom is -0.384 e. The van der Waals surface area contributed by atoms with Crippen molar-refractivity contribution in [3.8, 4) is 0 Å². The third kappa shape index (κ3) is 4.16. The Morgan fingerprint density at radius 1 is 0.969 bits per heavy atom. The number of benzene rings is 3. The van der Waals surface area contributed by atoms with Gasteiger partial charge >= 0.3 is 0 Å². The molecule has 4 rings (SSSR count). The normalized spacial score (nSPS) is 14.4. The van der Waals surface area contributed by atoms with Crippen LogP contribution in [0.5, 0.6) is 0 Å². The molecule has 0 saturated heterocycles. The van der Waals surface area contributed by atoms with Gasteiger partial charge in [0.1, 0.15) is 11.9 Å². The van der Waals surface area contributed by atoms with Crippen LogP contribution in [0, 0.1) is 5.41 Å². The number of fused-ring (bicyclic) bond motifs is 2. The number of hydrogen-bond acceptors (Lipinski definition) is 3. The highest BCUT2D eigenvalue weighted by molar-refractivity contribution is 5.95. The molecule has 32 heavy (non-hydrogen) atoms. The van der Waals surface area contributed by atoms with Gasteiger partial charge in [-0.25, -0.2) is 0 Å². The number of aliphatic hydroxyl groups is 1. The zero-order chi connectivity index (χ0) is 22.8. The van der Waals surface area contributed by atoms with Crippen LogP contribution in [-0.4, -0.2) is 16.8 Å². The van der Waals surface area contributed by atoms with Crippen molar-refractivity contribution in [2.45, 2.75) is 45.8 Å². The third-order valence-electron chi connectivity index (χ3n) is 6.32. The topological polar surface area (TPSA) is 99.2 Å². The van der Waals surface area contributed by atoms with Gasteiger partial charge in [-0.3, -0.25) is 10.2 Å². The van der Waals surface area contributed by atoms with Crippen LogP contribution in [0.15, 0.2) is 54.6 Å². The fraction of sp³-hybridized carbons (Fsp3) is 0.259. The van der Waals surface area contributed by atoms with Crippen molar-refractivity contribution in [2.24, 2.45) is 5.73 Å². The van der Waals surface area contributed by atoms with Gasteiger partial charge in [0.05, 0.1) is 0 Å². The van der Waals surface area contributed by atoms with Crippen LogP contribution < -0.4 is 11.1 Å². The molecule has 0 heterocycles. The Bertz CT molecular complexity index is 1180. The van der Waals surface area contributed by atoms with Crippen LogP contribution in [0.3, 0.4) is 0 Å². The fourth-order valence-electron chi connectivity index (χ4n) is 4.45. The standard InChI is InChI=1S/C27H29N3O2/c1-3-17-11-22-13-21-12-20(9-10-23(21)25(31)24(22)14-18(17)4-2)27(32)30-15-16-5-7-19(8-6-16)26(28)29/h5-12,14,25,31H,3-4,13,15H2,1-2H3,(H3,28,29)(H,30,32). The Morgan fingerprint density at radius 3 is 2.25 bits per heavy atom. The molecule has 0 fully saturated rings. The maximum absolute atomic E-state index is 12.8. The largest absolute Gasteiger partial charge is 0.384 e. The number of amides is 1. The first-order valence-electron chi connectivity index (χ1n) is 11.1. The summed E-state index contributed by atoms with van der Waals surface area (Å²) in [6.45, 7) is 4.69. The van der Waals surface area contributed by atoms with Gasteiger partial charge in [-0.15, -0.1) is 0 Å². The Labute approximate surface area is 188 Å². The molecule has 0 aliphatic heterocycles. The van der Waals surface area contributed by atoms with Crippen molar-refractivity contribution >= 4 is 11.7 Å². The first-order valence-corrected chi connectivity index (χ1v) is 11.1. The summed E-state index contributed by atoms with van der Waals surface area (Å²) in [5, 5.41) is 21.4. The van der Waals surface area contributed by atoms with Gasteiger partial charge in [0, 0.05) is 17.7 Å². The summed E-state index contributed by atoms with van der Waals surface area (Å²) >= 11 is 0. The molecule has 1 amide bonds. The van der Waals surface area contributed by atoms with Gasteiger partial charge in [-0.1, -0.05) is 56.3 Å². The summed E-state index contributed by atoms with van der Waals surface area (Å²) in [4.78, 5) is 12.8. The van der Waals surface area contributed by atoms with Crippen LogP contribution in [0.2, 0.25) is 0 Å². The number of rotatable bonds is 6. The van der Waals surface area contributed by atoms with E-state index in [9.17, 15) is 9.90 Å². The van der Waals surface area contributed by atoms with Crippen molar-refractivity contribution < 1.29 is 9.90 Å². The zero-order valence-electron chi connectivity index (χ0n) is 18.5. The highest BCUT2D eigenvalue weighted by Gasteiger charge is 2.25. The van der Waals surface area contributed by atoms with E-state index in [1.54, 1.807) is 18.2 Å². The monoisotopic (exact) mass is 427 g/mol. The third-order valence-corrected chi connectivity index (χ3v) is 6.32. The molecule has 164 valence electrons. The van der Waals surface area contributed by atoms with Crippen LogP contribution in [0.4, 0.5) is 0 Å². The summed E-state index contributed by atoms with van der Waals surface area (Å²) in [6, 6.07) is 17.2. The molecule has 1 atom stereocenters. The maximum atomic E-state index is 12.8. The number of aryl methyl sites for hydroxylation is 2. The van der Waals surface area contributed by atoms with E-state index >= 15 is 0 Å². The molecule has 5 N–H and O–H groups in total. The fourth-order valence-corrected chi connectivity index (χ4v) is 4.45. The zero-order valence-corrected chi connectivity index (χ0v) is 18.5. The lowest BCUT2D eigenvalue weighted by Crippen LogP contribution is -2.24. The number of aliphatic hydroxyl groups excluding tert-OH is 1. The summed E-state index contributed by atoms with van der Waals surface area (Å²) in [5.74, 6) is -0.130. The highest BCUT2D eigenvalue weighted by atomic mass is 16.3. The van der Waals surface area contributed by atoms with E-state index in [2.05, 4.69) is 31.3 Å². The van der Waals surface area contributed by atoms with Gasteiger partial charge in [0.15, 0.2) is 0 Å². The minimum atomic E-state index is -0.665. The quantitative estimate of drug-likeness (QED) is 0.353. The first kappa shape index (κ1) is 21.8. The number of carbonyl (C=O) groups excluding carboxylic acids is 1. The smallest absolute Gasteiger partial charge is 0.251 e. The molecule has 0 saturated carbocycles. The Hall–Kier alpha value is -3.44. The van der Waals surface area contributed by atoms with E-state index in [0.717, 1.165) is 40.7 Å². The molecular formula is C27H29N3O2. The van der Waals surface area contributed by atoms with E-state index in [0.29, 0.717) is 24.1 Å². The lowest BCUT2D eigenvalue weighted by Gasteiger charge is -2.27. The number of hydrogen-bond donors (Lipinski definition) is 4. The average Bonchev–Trinajstić information content (AvgIpc) is 2.81. The number of nitrogens with two attached hydrogens (primary N) is 1. The van der Waals surface area contributed by atoms with Gasteiger partial charge in [-0.2, -0.15) is 0 Å². The second kappa shape index (κ2) is 8.97. The molecule has 5 nitrogen and oxygen atoms in total. The molecule has 0 bridgehead atoms. The summed E-state index contributed by atoms with van der Waals surface area (Å²) in [5.41, 5.74) is 14.3. The van der Waals surface area contributed by atoms with Crippen molar-refractivity contribution in [2.75, 3.05) is 0 Å². The van der Waals surface area contributed by atoms with E-state index in [-0.39, 0.29) is 11.7 Å². The summed E-state index contributed by atoms with van der Waals surface area (Å²) in [7, 11) is 0. The van der Waals surface area contributed by atoms with Crippen LogP contribution in [-0.2, 0) is 25.8 Å². The van der Waals surface area contributed by atoms with Crippen molar-refractivity contribution in [3.05, 3.63) is 105 Å². The van der Waals surface area contributed by atoms with Crippen LogP contribution >= 0.6 is 0 Å². The predicted molar refractivity (Wildman–Crippen MR) is 127 cm³/mol. The summed E-state index contributed by atoms with van der Waals surface area (Å²) < 4.78 is 0. The summed E-state index contributed by atoms with van der Waals surface area (Å²) in [6.07, 6.45) is 1.97. The number of carbonyl (C=O) groups is 1. The van der Waals surface area contributed by atoms with E-state index < -0.39 is 6.10 Å². The van der Waals surface area contributed by atoms with Crippen LogP contribution in [0.25, 0.3) is 0 Å². The van der Waals surface area contributed by atoms with E-state index in [1.807, 2.05) is 24.3 Å². The second-order valence-electron chi connectivity index (χ2n) is 8.31. The van der Waals surface area contributed by atoms with Gasteiger partial charge < -0.3 is 16.2 Å². The van der Waals surface area contributed by atoms with E-state index in [1.165, 1.54) is 11.1 Å². The molecule has 3 aromatic carbocycles. The second-order valence-corrected chi connectivity index (χ2v) is 8.31. The Balaban J connectivity index is 1.52. The molecule has 1 unspecified atom stereocenters. The molecule has 0 aromatic heterocycles. The van der Waals surface area contributed by atoms with Crippen molar-refractivity contribution in [1.29, 1.82) is 5.41 Å². The number of nitrogen functional groups attached to an aromatic ring is 1. The first-order chi connectivity index (χ1) is 15.4. The highest BCUT2D eigenvalue weighted by Crippen LogP contribution is 2.37. The van der Waals surface area contributed by atoms with Gasteiger partial charge in [0.2, 0.25) is 0 Å². The van der Waals surface area contributed by atoms with Gasteiger partial charge in [-0.05, 0) is 70.3 Å². The SMILES string of the molecule is CCc1cc2c(cc1CC)C(O)c1ccc(C(=O)NCc3ccc(C(=N)N)cc3)cc1C2. The lowest BCUT2D eigenvalue weighted by molar-refractivity contribution is 0.0950. The molecule has 5 heteroatoms. The van der Waals surface area contributed by atoms with Crippen LogP contribution in [0.1, 0.15) is 74.8 Å². The molecular weight excluding hydrogens is 398 g/mol. The van der Waals surface area contributed by atoms with Gasteiger partial charge in [0.25, 0.3) is 5.91 Å². The molecule has 3 aromatic rings. The van der Waals surface area contributed by atoms with Crippen molar-refractivity contribution in [1.82, 2.24) is 5.32 Å². The molecule has 1 aliphatic rings. The van der Waals surface area contributed by atoms with Crippen molar-refractivity contribution in [3.63, 3.8) is 0 Å². The molecule has 0 radical (unpaired) electrons. The molecule has 1 aliphatic carbocycles. The Kier molecular flexibility index (Phi) is 6.10. The lowest BCUT2D eigenvalue weighted by atomic mass is 9.81. The number of amidine groups is 1. The molecule has 0 spiro atoms. The Morgan fingerprint density at radius 2 is 1.59 bits per heavy atom.